The fourth-order valence-corrected chi connectivity index (χ4v) is 4.25. The molecule has 0 unspecified atom stereocenters. The summed E-state index contributed by atoms with van der Waals surface area (Å²) in [6.45, 7) is 0.310. The zero-order valence-electron chi connectivity index (χ0n) is 14.1. The molecule has 0 aliphatic heterocycles. The third-order valence-electron chi connectivity index (χ3n) is 3.43. The van der Waals surface area contributed by atoms with E-state index in [0.717, 1.165) is 10.6 Å². The topological polar surface area (TPSA) is 48.4 Å². The highest BCUT2D eigenvalue weighted by molar-refractivity contribution is 7.98. The predicted molar refractivity (Wildman–Crippen MR) is 110 cm³/mol. The molecule has 0 N–H and O–H groups in total. The second-order valence-electron chi connectivity index (χ2n) is 5.32. The van der Waals surface area contributed by atoms with Crippen LogP contribution in [-0.4, -0.2) is 24.2 Å². The van der Waals surface area contributed by atoms with Crippen molar-refractivity contribution in [2.75, 3.05) is 13.2 Å². The van der Waals surface area contributed by atoms with Crippen molar-refractivity contribution < 1.29 is 14.3 Å². The molecule has 3 rings (SSSR count). The third kappa shape index (κ3) is 5.87. The number of aromatic nitrogens is 1. The summed E-state index contributed by atoms with van der Waals surface area (Å²) >= 11 is 15.0. The number of esters is 1. The highest BCUT2D eigenvalue weighted by Crippen LogP contribution is 2.28. The summed E-state index contributed by atoms with van der Waals surface area (Å²) in [5, 5.41) is 2.94. The lowest BCUT2D eigenvalue weighted by atomic mass is 10.2. The number of thiazole rings is 1. The minimum atomic E-state index is -0.387. The largest absolute Gasteiger partial charge is 0.488 e. The number of benzene rings is 2. The Kier molecular flexibility index (Phi) is 7.41. The monoisotopic (exact) mass is 439 g/mol. The predicted octanol–water partition coefficient (Wildman–Crippen LogP) is 5.98. The van der Waals surface area contributed by atoms with E-state index in [9.17, 15) is 4.79 Å². The van der Waals surface area contributed by atoms with Crippen LogP contribution in [0.2, 0.25) is 10.0 Å². The maximum Gasteiger partial charge on any atom is 0.339 e. The normalized spacial score (nSPS) is 10.6. The number of carbonyl (C=O) groups excluding carboxylic acids is 1. The Labute approximate surface area is 175 Å². The first-order valence-electron chi connectivity index (χ1n) is 7.97. The molecular weight excluding hydrogens is 425 g/mol. The van der Waals surface area contributed by atoms with Crippen LogP contribution in [0.15, 0.2) is 58.3 Å². The molecule has 1 heterocycles. The van der Waals surface area contributed by atoms with Gasteiger partial charge in [0, 0.05) is 21.1 Å². The fourth-order valence-electron chi connectivity index (χ4n) is 2.18. The van der Waals surface area contributed by atoms with Crippen LogP contribution in [0.3, 0.4) is 0 Å². The standard InChI is InChI=1S/C19H15Cl2NO3S2/c20-13-5-6-17(16(21)9-13)24-7-8-25-19(23)15-3-1-2-4-18(15)27-11-14-10-26-12-22-14/h1-6,9-10,12H,7-8,11H2. The summed E-state index contributed by atoms with van der Waals surface area (Å²) in [7, 11) is 0. The molecule has 8 heteroatoms. The third-order valence-corrected chi connectivity index (χ3v) is 5.71. The number of thioether (sulfide) groups is 1. The Hall–Kier alpha value is -1.73. The smallest absolute Gasteiger partial charge is 0.339 e. The average molecular weight is 440 g/mol. The lowest BCUT2D eigenvalue weighted by molar-refractivity contribution is 0.0446. The Morgan fingerprint density at radius 1 is 1.15 bits per heavy atom. The Morgan fingerprint density at radius 2 is 2.00 bits per heavy atom. The van der Waals surface area contributed by atoms with Crippen LogP contribution in [0.4, 0.5) is 0 Å². The lowest BCUT2D eigenvalue weighted by Crippen LogP contribution is -2.13. The first-order valence-corrected chi connectivity index (χ1v) is 10.7. The van der Waals surface area contributed by atoms with E-state index in [1.165, 1.54) is 0 Å². The molecule has 27 heavy (non-hydrogen) atoms. The number of ether oxygens (including phenoxy) is 2. The molecule has 0 radical (unpaired) electrons. The van der Waals surface area contributed by atoms with Gasteiger partial charge in [0.2, 0.25) is 0 Å². The summed E-state index contributed by atoms with van der Waals surface area (Å²) in [6.07, 6.45) is 0. The van der Waals surface area contributed by atoms with Crippen molar-refractivity contribution in [3.63, 3.8) is 0 Å². The van der Waals surface area contributed by atoms with Gasteiger partial charge in [0.15, 0.2) is 0 Å². The van der Waals surface area contributed by atoms with Gasteiger partial charge in [-0.25, -0.2) is 9.78 Å². The van der Waals surface area contributed by atoms with Gasteiger partial charge in [0.1, 0.15) is 19.0 Å². The minimum Gasteiger partial charge on any atom is -0.488 e. The van der Waals surface area contributed by atoms with Crippen LogP contribution in [0.25, 0.3) is 0 Å². The molecular formula is C19H15Cl2NO3S2. The quantitative estimate of drug-likeness (QED) is 0.245. The average Bonchev–Trinajstić information content (AvgIpc) is 3.18. The zero-order chi connectivity index (χ0) is 19.1. The second-order valence-corrected chi connectivity index (χ2v) is 7.90. The Bertz CT molecular complexity index is 904. The number of nitrogens with zero attached hydrogens (tertiary/aromatic N) is 1. The number of halogens is 2. The van der Waals surface area contributed by atoms with Gasteiger partial charge in [-0.1, -0.05) is 35.3 Å². The van der Waals surface area contributed by atoms with Gasteiger partial charge in [-0.05, 0) is 30.3 Å². The molecule has 0 saturated carbocycles. The van der Waals surface area contributed by atoms with Gasteiger partial charge in [-0.3, -0.25) is 0 Å². The van der Waals surface area contributed by atoms with E-state index < -0.39 is 0 Å². The van der Waals surface area contributed by atoms with E-state index in [-0.39, 0.29) is 19.2 Å². The van der Waals surface area contributed by atoms with Crippen LogP contribution < -0.4 is 4.74 Å². The molecule has 3 aromatic rings. The fraction of sp³-hybridized carbons (Fsp3) is 0.158. The first-order chi connectivity index (χ1) is 13.1. The van der Waals surface area contributed by atoms with E-state index in [4.69, 9.17) is 32.7 Å². The van der Waals surface area contributed by atoms with Crippen LogP contribution in [-0.2, 0) is 10.5 Å². The summed E-state index contributed by atoms with van der Waals surface area (Å²) < 4.78 is 10.9. The van der Waals surface area contributed by atoms with Crippen LogP contribution >= 0.6 is 46.3 Å². The maximum atomic E-state index is 12.4. The van der Waals surface area contributed by atoms with E-state index in [1.54, 1.807) is 52.9 Å². The maximum absolute atomic E-state index is 12.4. The van der Waals surface area contributed by atoms with Gasteiger partial charge in [0.05, 0.1) is 21.8 Å². The Balaban J connectivity index is 1.52. The van der Waals surface area contributed by atoms with Gasteiger partial charge in [-0.15, -0.1) is 23.1 Å². The van der Waals surface area contributed by atoms with Crippen molar-refractivity contribution in [1.29, 1.82) is 0 Å². The van der Waals surface area contributed by atoms with Crippen LogP contribution in [0, 0.1) is 0 Å². The second kappa shape index (κ2) is 9.99. The molecule has 0 bridgehead atoms. The zero-order valence-corrected chi connectivity index (χ0v) is 17.2. The molecule has 0 fully saturated rings. The molecule has 140 valence electrons. The van der Waals surface area contributed by atoms with E-state index >= 15 is 0 Å². The molecule has 0 spiro atoms. The van der Waals surface area contributed by atoms with Crippen molar-refractivity contribution in [1.82, 2.24) is 4.98 Å². The van der Waals surface area contributed by atoms with Gasteiger partial charge in [-0.2, -0.15) is 0 Å². The summed E-state index contributed by atoms with van der Waals surface area (Å²) in [6, 6.07) is 12.3. The number of hydrogen-bond donors (Lipinski definition) is 0. The van der Waals surface area contributed by atoms with Crippen LogP contribution in [0.5, 0.6) is 5.75 Å². The van der Waals surface area contributed by atoms with E-state index in [0.29, 0.717) is 27.1 Å². The van der Waals surface area contributed by atoms with E-state index in [1.807, 2.05) is 23.6 Å². The van der Waals surface area contributed by atoms with Crippen molar-refractivity contribution in [2.24, 2.45) is 0 Å². The highest BCUT2D eigenvalue weighted by Gasteiger charge is 2.13. The molecule has 4 nitrogen and oxygen atoms in total. The molecule has 1 aromatic heterocycles. The van der Waals surface area contributed by atoms with Crippen molar-refractivity contribution in [3.05, 3.63) is 74.7 Å². The number of hydrogen-bond acceptors (Lipinski definition) is 6. The summed E-state index contributed by atoms with van der Waals surface area (Å²) in [4.78, 5) is 17.5. The van der Waals surface area contributed by atoms with E-state index in [2.05, 4.69) is 4.98 Å². The van der Waals surface area contributed by atoms with Crippen molar-refractivity contribution >= 4 is 52.3 Å². The molecule has 0 atom stereocenters. The van der Waals surface area contributed by atoms with Gasteiger partial charge >= 0.3 is 5.97 Å². The molecule has 0 saturated heterocycles. The van der Waals surface area contributed by atoms with Crippen molar-refractivity contribution in [3.8, 4) is 5.75 Å². The molecule has 0 aliphatic carbocycles. The SMILES string of the molecule is O=C(OCCOc1ccc(Cl)cc1Cl)c1ccccc1SCc1cscn1. The van der Waals surface area contributed by atoms with Gasteiger partial charge < -0.3 is 9.47 Å². The van der Waals surface area contributed by atoms with Crippen molar-refractivity contribution in [2.45, 2.75) is 10.6 Å². The summed E-state index contributed by atoms with van der Waals surface area (Å²) in [5.74, 6) is 0.810. The minimum absolute atomic E-state index is 0.114. The molecule has 2 aromatic carbocycles. The summed E-state index contributed by atoms with van der Waals surface area (Å²) in [5.41, 5.74) is 3.31. The number of rotatable bonds is 8. The number of carbonyl (C=O) groups is 1. The molecule has 0 amide bonds. The van der Waals surface area contributed by atoms with Gasteiger partial charge in [0.25, 0.3) is 0 Å². The first kappa shape index (κ1) is 20.0. The molecule has 0 aliphatic rings. The lowest BCUT2D eigenvalue weighted by Gasteiger charge is -2.11. The van der Waals surface area contributed by atoms with Crippen LogP contribution in [0.1, 0.15) is 16.1 Å². The highest BCUT2D eigenvalue weighted by atomic mass is 35.5. The Morgan fingerprint density at radius 3 is 2.78 bits per heavy atom.